The van der Waals surface area contributed by atoms with E-state index in [1.54, 1.807) is 12.1 Å². The van der Waals surface area contributed by atoms with Crippen LogP contribution in [0.1, 0.15) is 17.0 Å². The Morgan fingerprint density at radius 2 is 1.75 bits per heavy atom. The van der Waals surface area contributed by atoms with E-state index in [4.69, 9.17) is 4.74 Å². The van der Waals surface area contributed by atoms with Crippen LogP contribution in [0.4, 0.5) is 0 Å². The van der Waals surface area contributed by atoms with E-state index in [0.29, 0.717) is 6.61 Å². The molecule has 0 saturated carbocycles. The number of carboxylic acid groups (broad SMARTS) is 1. The fourth-order valence-electron chi connectivity index (χ4n) is 1.87. The molecular formula is C16H15BrO3. The van der Waals surface area contributed by atoms with E-state index < -0.39 is 11.9 Å². The van der Waals surface area contributed by atoms with Gasteiger partial charge in [0.1, 0.15) is 5.92 Å². The van der Waals surface area contributed by atoms with Crippen molar-refractivity contribution in [2.75, 3.05) is 6.61 Å². The Morgan fingerprint density at radius 3 is 2.35 bits per heavy atom. The Hall–Kier alpha value is -1.65. The summed E-state index contributed by atoms with van der Waals surface area (Å²) in [6.45, 7) is 0.576. The molecule has 0 aliphatic rings. The molecule has 0 saturated heterocycles. The molecule has 104 valence electrons. The second-order valence-electron chi connectivity index (χ2n) is 4.44. The molecule has 0 aliphatic carbocycles. The summed E-state index contributed by atoms with van der Waals surface area (Å²) in [6, 6.07) is 17.0. The number of carbonyl (C=O) groups is 1. The fourth-order valence-corrected chi connectivity index (χ4v) is 2.14. The Labute approximate surface area is 126 Å². The van der Waals surface area contributed by atoms with Gasteiger partial charge in [-0.3, -0.25) is 4.79 Å². The monoisotopic (exact) mass is 334 g/mol. The van der Waals surface area contributed by atoms with Crippen LogP contribution in [-0.2, 0) is 16.1 Å². The SMILES string of the molecule is O=C(O)C(COCc1ccccc1)c1ccc(Br)cc1. The van der Waals surface area contributed by atoms with Crippen LogP contribution in [0.3, 0.4) is 0 Å². The highest BCUT2D eigenvalue weighted by Crippen LogP contribution is 2.20. The van der Waals surface area contributed by atoms with E-state index in [2.05, 4.69) is 15.9 Å². The summed E-state index contributed by atoms with van der Waals surface area (Å²) >= 11 is 3.34. The zero-order valence-electron chi connectivity index (χ0n) is 10.8. The molecule has 3 nitrogen and oxygen atoms in total. The molecular weight excluding hydrogens is 320 g/mol. The van der Waals surface area contributed by atoms with Gasteiger partial charge in [0.2, 0.25) is 0 Å². The Kier molecular flexibility index (Phi) is 5.32. The van der Waals surface area contributed by atoms with Crippen molar-refractivity contribution in [2.45, 2.75) is 12.5 Å². The standard InChI is InChI=1S/C16H15BrO3/c17-14-8-6-13(7-9-14)15(16(18)19)11-20-10-12-4-2-1-3-5-12/h1-9,15H,10-11H2,(H,18,19). The molecule has 0 fully saturated rings. The van der Waals surface area contributed by atoms with Gasteiger partial charge in [0.25, 0.3) is 0 Å². The van der Waals surface area contributed by atoms with Gasteiger partial charge in [0, 0.05) is 4.47 Å². The third-order valence-electron chi connectivity index (χ3n) is 2.97. The quantitative estimate of drug-likeness (QED) is 0.873. The fraction of sp³-hybridized carbons (Fsp3) is 0.188. The lowest BCUT2D eigenvalue weighted by Gasteiger charge is -2.13. The topological polar surface area (TPSA) is 46.5 Å². The number of hydrogen-bond donors (Lipinski definition) is 1. The highest BCUT2D eigenvalue weighted by Gasteiger charge is 2.19. The first kappa shape index (κ1) is 14.8. The van der Waals surface area contributed by atoms with E-state index in [0.717, 1.165) is 15.6 Å². The molecule has 1 atom stereocenters. The summed E-state index contributed by atoms with van der Waals surface area (Å²) in [5, 5.41) is 9.30. The van der Waals surface area contributed by atoms with Gasteiger partial charge in [0.05, 0.1) is 13.2 Å². The molecule has 0 spiro atoms. The second-order valence-corrected chi connectivity index (χ2v) is 5.36. The summed E-state index contributed by atoms with van der Waals surface area (Å²) in [6.07, 6.45) is 0. The van der Waals surface area contributed by atoms with Crippen molar-refractivity contribution in [2.24, 2.45) is 0 Å². The normalized spacial score (nSPS) is 12.1. The molecule has 2 rings (SSSR count). The van der Waals surface area contributed by atoms with Crippen LogP contribution in [0.2, 0.25) is 0 Å². The number of benzene rings is 2. The van der Waals surface area contributed by atoms with Gasteiger partial charge in [-0.15, -0.1) is 0 Å². The lowest BCUT2D eigenvalue weighted by atomic mass is 10.0. The molecule has 0 heterocycles. The average Bonchev–Trinajstić information content (AvgIpc) is 2.46. The third kappa shape index (κ3) is 4.18. The maximum atomic E-state index is 11.3. The number of hydrogen-bond acceptors (Lipinski definition) is 2. The molecule has 0 bridgehead atoms. The molecule has 0 amide bonds. The van der Waals surface area contributed by atoms with Gasteiger partial charge >= 0.3 is 5.97 Å². The van der Waals surface area contributed by atoms with E-state index in [1.165, 1.54) is 0 Å². The third-order valence-corrected chi connectivity index (χ3v) is 3.50. The molecule has 0 aliphatic heterocycles. The highest BCUT2D eigenvalue weighted by molar-refractivity contribution is 9.10. The first-order valence-corrected chi connectivity index (χ1v) is 7.06. The molecule has 2 aromatic carbocycles. The predicted octanol–water partition coefficient (Wildman–Crippen LogP) is 3.83. The summed E-state index contributed by atoms with van der Waals surface area (Å²) < 4.78 is 6.46. The van der Waals surface area contributed by atoms with Crippen LogP contribution < -0.4 is 0 Å². The van der Waals surface area contributed by atoms with Crippen molar-refractivity contribution >= 4 is 21.9 Å². The van der Waals surface area contributed by atoms with E-state index in [1.807, 2.05) is 42.5 Å². The molecule has 0 radical (unpaired) electrons. The smallest absolute Gasteiger partial charge is 0.313 e. The minimum atomic E-state index is -0.875. The van der Waals surface area contributed by atoms with Gasteiger partial charge in [-0.25, -0.2) is 0 Å². The Balaban J connectivity index is 1.96. The van der Waals surface area contributed by atoms with Crippen LogP contribution in [0.25, 0.3) is 0 Å². The maximum absolute atomic E-state index is 11.3. The minimum Gasteiger partial charge on any atom is -0.481 e. The van der Waals surface area contributed by atoms with Crippen LogP contribution >= 0.6 is 15.9 Å². The molecule has 1 unspecified atom stereocenters. The van der Waals surface area contributed by atoms with E-state index in [9.17, 15) is 9.90 Å². The van der Waals surface area contributed by atoms with Crippen molar-refractivity contribution < 1.29 is 14.6 Å². The lowest BCUT2D eigenvalue weighted by molar-refractivity contribution is -0.140. The number of halogens is 1. The Bertz CT molecular complexity index is 552. The van der Waals surface area contributed by atoms with Gasteiger partial charge in [-0.05, 0) is 23.3 Å². The van der Waals surface area contributed by atoms with Crippen molar-refractivity contribution in [3.63, 3.8) is 0 Å². The molecule has 4 heteroatoms. The van der Waals surface area contributed by atoms with Crippen molar-refractivity contribution in [3.8, 4) is 0 Å². The van der Waals surface area contributed by atoms with Crippen LogP contribution in [0.15, 0.2) is 59.1 Å². The molecule has 20 heavy (non-hydrogen) atoms. The maximum Gasteiger partial charge on any atom is 0.313 e. The van der Waals surface area contributed by atoms with Crippen molar-refractivity contribution in [3.05, 3.63) is 70.2 Å². The lowest BCUT2D eigenvalue weighted by Crippen LogP contribution is -2.17. The highest BCUT2D eigenvalue weighted by atomic mass is 79.9. The van der Waals surface area contributed by atoms with E-state index >= 15 is 0 Å². The van der Waals surface area contributed by atoms with Crippen molar-refractivity contribution in [1.29, 1.82) is 0 Å². The number of rotatable bonds is 6. The summed E-state index contributed by atoms with van der Waals surface area (Å²) in [5.41, 5.74) is 1.78. The van der Waals surface area contributed by atoms with Gasteiger partial charge in [-0.2, -0.15) is 0 Å². The Morgan fingerprint density at radius 1 is 1.10 bits per heavy atom. The van der Waals surface area contributed by atoms with Crippen LogP contribution in [0, 0.1) is 0 Å². The summed E-state index contributed by atoms with van der Waals surface area (Å²) in [4.78, 5) is 11.3. The summed E-state index contributed by atoms with van der Waals surface area (Å²) in [5.74, 6) is -1.52. The molecule has 2 aromatic rings. The van der Waals surface area contributed by atoms with Gasteiger partial charge < -0.3 is 9.84 Å². The molecule has 0 aromatic heterocycles. The summed E-state index contributed by atoms with van der Waals surface area (Å²) in [7, 11) is 0. The molecule has 1 N–H and O–H groups in total. The van der Waals surface area contributed by atoms with Crippen LogP contribution in [0.5, 0.6) is 0 Å². The van der Waals surface area contributed by atoms with Gasteiger partial charge in [-0.1, -0.05) is 58.4 Å². The number of ether oxygens (including phenoxy) is 1. The number of aliphatic carboxylic acids is 1. The first-order valence-electron chi connectivity index (χ1n) is 6.27. The minimum absolute atomic E-state index is 0.159. The predicted molar refractivity (Wildman–Crippen MR) is 80.6 cm³/mol. The average molecular weight is 335 g/mol. The zero-order valence-corrected chi connectivity index (χ0v) is 12.4. The van der Waals surface area contributed by atoms with Crippen molar-refractivity contribution in [1.82, 2.24) is 0 Å². The largest absolute Gasteiger partial charge is 0.481 e. The van der Waals surface area contributed by atoms with Gasteiger partial charge in [0.15, 0.2) is 0 Å². The number of carboxylic acids is 1. The van der Waals surface area contributed by atoms with E-state index in [-0.39, 0.29) is 6.61 Å². The van der Waals surface area contributed by atoms with Crippen LogP contribution in [-0.4, -0.2) is 17.7 Å². The first-order chi connectivity index (χ1) is 9.66. The zero-order chi connectivity index (χ0) is 14.4. The second kappa shape index (κ2) is 7.22.